The highest BCUT2D eigenvalue weighted by atomic mass is 32.2. The third kappa shape index (κ3) is 6.49. The SMILES string of the molecule is CCC(CSC)NCCC(N)=O. The minimum Gasteiger partial charge on any atom is -0.370 e. The van der Waals surface area contributed by atoms with E-state index < -0.39 is 0 Å². The second kappa shape index (κ2) is 7.43. The molecule has 0 fully saturated rings. The highest BCUT2D eigenvalue weighted by Crippen LogP contribution is 2.00. The minimum absolute atomic E-state index is 0.235. The summed E-state index contributed by atoms with van der Waals surface area (Å²) in [6.07, 6.45) is 3.61. The summed E-state index contributed by atoms with van der Waals surface area (Å²) in [6.45, 7) is 2.84. The summed E-state index contributed by atoms with van der Waals surface area (Å²) >= 11 is 1.81. The number of carbonyl (C=O) groups excluding carboxylic acids is 1. The molecule has 72 valence electrons. The summed E-state index contributed by atoms with van der Waals surface area (Å²) in [7, 11) is 0. The maximum Gasteiger partial charge on any atom is 0.218 e. The zero-order valence-corrected chi connectivity index (χ0v) is 8.62. The summed E-state index contributed by atoms with van der Waals surface area (Å²) in [4.78, 5) is 10.4. The van der Waals surface area contributed by atoms with E-state index in [1.54, 1.807) is 0 Å². The third-order valence-electron chi connectivity index (χ3n) is 1.67. The van der Waals surface area contributed by atoms with Crippen LogP contribution in [-0.2, 0) is 4.79 Å². The van der Waals surface area contributed by atoms with Crippen molar-refractivity contribution in [2.24, 2.45) is 5.73 Å². The predicted octanol–water partition coefficient (Wildman–Crippen LogP) is 0.593. The van der Waals surface area contributed by atoms with Crippen LogP contribution in [0, 0.1) is 0 Å². The topological polar surface area (TPSA) is 55.1 Å². The Morgan fingerprint density at radius 3 is 2.75 bits per heavy atom. The fourth-order valence-electron chi connectivity index (χ4n) is 0.922. The van der Waals surface area contributed by atoms with Crippen LogP contribution < -0.4 is 11.1 Å². The van der Waals surface area contributed by atoms with Gasteiger partial charge in [-0.3, -0.25) is 4.79 Å². The van der Waals surface area contributed by atoms with E-state index in [0.717, 1.165) is 12.2 Å². The molecule has 0 radical (unpaired) electrons. The smallest absolute Gasteiger partial charge is 0.218 e. The average molecular weight is 190 g/mol. The molecule has 0 aliphatic carbocycles. The molecule has 0 aliphatic rings. The van der Waals surface area contributed by atoms with E-state index in [-0.39, 0.29) is 5.91 Å². The minimum atomic E-state index is -0.235. The summed E-state index contributed by atoms with van der Waals surface area (Å²) in [5, 5.41) is 3.28. The lowest BCUT2D eigenvalue weighted by molar-refractivity contribution is -0.117. The lowest BCUT2D eigenvalue weighted by Crippen LogP contribution is -2.33. The molecule has 1 unspecified atom stereocenters. The van der Waals surface area contributed by atoms with E-state index in [2.05, 4.69) is 18.5 Å². The second-order valence-electron chi connectivity index (χ2n) is 2.73. The Kier molecular flexibility index (Phi) is 7.29. The van der Waals surface area contributed by atoms with Crippen molar-refractivity contribution in [3.05, 3.63) is 0 Å². The number of thioether (sulfide) groups is 1. The molecule has 0 rings (SSSR count). The first kappa shape index (κ1) is 11.8. The summed E-state index contributed by atoms with van der Waals surface area (Å²) < 4.78 is 0. The molecule has 0 saturated carbocycles. The van der Waals surface area contributed by atoms with Crippen LogP contribution in [0.25, 0.3) is 0 Å². The maximum absolute atomic E-state index is 10.4. The molecule has 4 heteroatoms. The first-order valence-corrected chi connectivity index (χ1v) is 5.60. The molecular formula is C8H18N2OS. The zero-order valence-electron chi connectivity index (χ0n) is 7.80. The number of amides is 1. The van der Waals surface area contributed by atoms with Gasteiger partial charge in [-0.1, -0.05) is 6.92 Å². The maximum atomic E-state index is 10.4. The molecule has 0 aliphatic heterocycles. The molecule has 0 aromatic heterocycles. The number of primary amides is 1. The lowest BCUT2D eigenvalue weighted by Gasteiger charge is -2.14. The van der Waals surface area contributed by atoms with Gasteiger partial charge in [0.25, 0.3) is 0 Å². The van der Waals surface area contributed by atoms with E-state index in [1.165, 1.54) is 0 Å². The molecule has 1 amide bonds. The highest BCUT2D eigenvalue weighted by Gasteiger charge is 2.03. The molecule has 0 heterocycles. The van der Waals surface area contributed by atoms with Crippen LogP contribution in [0.15, 0.2) is 0 Å². The van der Waals surface area contributed by atoms with E-state index in [1.807, 2.05) is 11.8 Å². The fraction of sp³-hybridized carbons (Fsp3) is 0.875. The molecule has 0 aromatic rings. The van der Waals surface area contributed by atoms with Crippen molar-refractivity contribution in [3.63, 3.8) is 0 Å². The molecule has 1 atom stereocenters. The van der Waals surface area contributed by atoms with Crippen molar-refractivity contribution in [2.75, 3.05) is 18.6 Å². The zero-order chi connectivity index (χ0) is 9.40. The average Bonchev–Trinajstić information content (AvgIpc) is 2.02. The molecular weight excluding hydrogens is 172 g/mol. The van der Waals surface area contributed by atoms with Gasteiger partial charge in [0.2, 0.25) is 5.91 Å². The van der Waals surface area contributed by atoms with Gasteiger partial charge in [0.05, 0.1) is 0 Å². The van der Waals surface area contributed by atoms with Crippen molar-refractivity contribution in [3.8, 4) is 0 Å². The van der Waals surface area contributed by atoms with Crippen molar-refractivity contribution in [2.45, 2.75) is 25.8 Å². The number of nitrogens with one attached hydrogen (secondary N) is 1. The van der Waals surface area contributed by atoms with Gasteiger partial charge < -0.3 is 11.1 Å². The van der Waals surface area contributed by atoms with Gasteiger partial charge in [-0.2, -0.15) is 11.8 Å². The molecule has 0 saturated heterocycles. The largest absolute Gasteiger partial charge is 0.370 e. The van der Waals surface area contributed by atoms with Crippen LogP contribution in [-0.4, -0.2) is 30.5 Å². The van der Waals surface area contributed by atoms with Gasteiger partial charge in [-0.15, -0.1) is 0 Å². The van der Waals surface area contributed by atoms with Crippen LogP contribution in [0.3, 0.4) is 0 Å². The fourth-order valence-corrected chi connectivity index (χ4v) is 1.68. The Morgan fingerprint density at radius 2 is 2.33 bits per heavy atom. The monoisotopic (exact) mass is 190 g/mol. The Morgan fingerprint density at radius 1 is 1.67 bits per heavy atom. The Hall–Kier alpha value is -0.220. The number of rotatable bonds is 7. The Labute approximate surface area is 78.5 Å². The van der Waals surface area contributed by atoms with Gasteiger partial charge in [0.15, 0.2) is 0 Å². The number of carbonyl (C=O) groups is 1. The van der Waals surface area contributed by atoms with Crippen LogP contribution in [0.5, 0.6) is 0 Å². The normalized spacial score (nSPS) is 12.8. The predicted molar refractivity (Wildman–Crippen MR) is 54.3 cm³/mol. The van der Waals surface area contributed by atoms with Crippen LogP contribution in [0.1, 0.15) is 19.8 Å². The van der Waals surface area contributed by atoms with Crippen molar-refractivity contribution < 1.29 is 4.79 Å². The van der Waals surface area contributed by atoms with E-state index in [9.17, 15) is 4.79 Å². The lowest BCUT2D eigenvalue weighted by atomic mass is 10.2. The number of hydrogen-bond acceptors (Lipinski definition) is 3. The van der Waals surface area contributed by atoms with Crippen molar-refractivity contribution >= 4 is 17.7 Å². The first-order valence-electron chi connectivity index (χ1n) is 4.21. The van der Waals surface area contributed by atoms with E-state index in [0.29, 0.717) is 19.0 Å². The van der Waals surface area contributed by atoms with E-state index in [4.69, 9.17) is 5.73 Å². The summed E-state index contributed by atoms with van der Waals surface area (Å²) in [5.41, 5.74) is 5.01. The van der Waals surface area contributed by atoms with Crippen molar-refractivity contribution in [1.29, 1.82) is 0 Å². The number of hydrogen-bond donors (Lipinski definition) is 2. The van der Waals surface area contributed by atoms with E-state index >= 15 is 0 Å². The molecule has 0 aromatic carbocycles. The van der Waals surface area contributed by atoms with Gasteiger partial charge in [-0.25, -0.2) is 0 Å². The van der Waals surface area contributed by atoms with Crippen molar-refractivity contribution in [1.82, 2.24) is 5.32 Å². The standard InChI is InChI=1S/C8H18N2OS/c1-3-7(6-12-2)10-5-4-8(9)11/h7,10H,3-6H2,1-2H3,(H2,9,11). The summed E-state index contributed by atoms with van der Waals surface area (Å²) in [6, 6.07) is 0.513. The number of nitrogens with two attached hydrogens (primary N) is 1. The molecule has 0 spiro atoms. The van der Waals surface area contributed by atoms with Crippen LogP contribution in [0.4, 0.5) is 0 Å². The van der Waals surface area contributed by atoms with Gasteiger partial charge >= 0.3 is 0 Å². The molecule has 3 N–H and O–H groups in total. The van der Waals surface area contributed by atoms with Crippen LogP contribution in [0.2, 0.25) is 0 Å². The van der Waals surface area contributed by atoms with Gasteiger partial charge in [0.1, 0.15) is 0 Å². The van der Waals surface area contributed by atoms with Crippen LogP contribution >= 0.6 is 11.8 Å². The quantitative estimate of drug-likeness (QED) is 0.618. The molecule has 0 bridgehead atoms. The van der Waals surface area contributed by atoms with Gasteiger partial charge in [-0.05, 0) is 12.7 Å². The van der Waals surface area contributed by atoms with Gasteiger partial charge in [0, 0.05) is 24.8 Å². The first-order chi connectivity index (χ1) is 5.70. The molecule has 3 nitrogen and oxygen atoms in total. The Bertz CT molecular complexity index is 130. The second-order valence-corrected chi connectivity index (χ2v) is 3.64. The third-order valence-corrected chi connectivity index (χ3v) is 2.40. The molecule has 12 heavy (non-hydrogen) atoms. The summed E-state index contributed by atoms with van der Waals surface area (Å²) in [5.74, 6) is 0.858. The Balaban J connectivity index is 3.37. The highest BCUT2D eigenvalue weighted by molar-refractivity contribution is 7.98.